The van der Waals surface area contributed by atoms with Gasteiger partial charge in [-0.3, -0.25) is 9.97 Å². The number of nitrogens with one attached hydrogen (secondary N) is 4. The van der Waals surface area contributed by atoms with Crippen molar-refractivity contribution in [2.75, 3.05) is 13.2 Å². The number of fused-ring (bicyclic) bond motifs is 13. The molecule has 0 radical (unpaired) electrons. The van der Waals surface area contributed by atoms with Gasteiger partial charge in [0.05, 0.1) is 13.2 Å². The summed E-state index contributed by atoms with van der Waals surface area (Å²) in [4.78, 5) is 23.7. The Morgan fingerprint density at radius 1 is 0.467 bits per heavy atom. The van der Waals surface area contributed by atoms with Crippen LogP contribution in [0.15, 0.2) is 134 Å². The lowest BCUT2D eigenvalue weighted by Gasteiger charge is -2.13. The second-order valence-corrected chi connectivity index (χ2v) is 14.1. The summed E-state index contributed by atoms with van der Waals surface area (Å²) in [7, 11) is 0. The number of benzene rings is 3. The first kappa shape index (κ1) is 44.2. The first-order chi connectivity index (χ1) is 27.7. The van der Waals surface area contributed by atoms with Crippen molar-refractivity contribution in [3.05, 3.63) is 189 Å². The Labute approximate surface area is 388 Å². The summed E-state index contributed by atoms with van der Waals surface area (Å²) in [5.41, 5.74) is 7.91. The van der Waals surface area contributed by atoms with Crippen molar-refractivity contribution >= 4 is 114 Å². The highest BCUT2D eigenvalue weighted by Crippen LogP contribution is 2.34. The lowest BCUT2D eigenvalue weighted by Crippen LogP contribution is -2.11. The highest BCUT2D eigenvalue weighted by atomic mass is 79.9. The van der Waals surface area contributed by atoms with E-state index < -0.39 is 0 Å². The number of halogens is 4. The van der Waals surface area contributed by atoms with Crippen LogP contribution in [-0.2, 0) is 12.8 Å². The normalized spacial score (nSPS) is 11.3. The molecule has 8 nitrogen and oxygen atoms in total. The van der Waals surface area contributed by atoms with Gasteiger partial charge in [-0.2, -0.15) is 0 Å². The van der Waals surface area contributed by atoms with E-state index in [0.717, 1.165) is 83.6 Å². The van der Waals surface area contributed by atoms with Gasteiger partial charge in [0, 0.05) is 103 Å². The molecule has 3 aromatic carbocycles. The summed E-state index contributed by atoms with van der Waals surface area (Å²) in [6, 6.07) is 41.7. The van der Waals surface area contributed by atoms with E-state index >= 15 is 0 Å². The first-order valence-electron chi connectivity index (χ1n) is 18.9. The fourth-order valence-electron chi connectivity index (χ4n) is 7.57. The number of rotatable bonds is 9. The van der Waals surface area contributed by atoms with Gasteiger partial charge >= 0.3 is 0 Å². The molecular weight excluding hydrogens is 1010 g/mol. The van der Waals surface area contributed by atoms with Gasteiger partial charge in [-0.25, -0.2) is 0 Å². The van der Waals surface area contributed by atoms with E-state index in [2.05, 4.69) is 133 Å². The number of pyridine rings is 2. The third kappa shape index (κ3) is 9.63. The summed E-state index contributed by atoms with van der Waals surface area (Å²) in [5.74, 6) is 1.45. The minimum absolute atomic E-state index is 0. The van der Waals surface area contributed by atoms with Crippen molar-refractivity contribution < 1.29 is 9.47 Å². The van der Waals surface area contributed by atoms with Crippen LogP contribution < -0.4 is 30.9 Å². The third-order valence-corrected chi connectivity index (χ3v) is 10.2. The third-order valence-electron chi connectivity index (χ3n) is 10.2. The van der Waals surface area contributed by atoms with Crippen LogP contribution in [0.3, 0.4) is 0 Å². The maximum absolute atomic E-state index is 6.42. The van der Waals surface area contributed by atoms with Crippen molar-refractivity contribution in [2.45, 2.75) is 12.8 Å². The van der Waals surface area contributed by atoms with Crippen LogP contribution in [0, 0.1) is 0 Å². The summed E-state index contributed by atoms with van der Waals surface area (Å²) >= 11 is 0. The predicted molar refractivity (Wildman–Crippen MR) is 265 cm³/mol. The van der Waals surface area contributed by atoms with E-state index in [1.54, 1.807) is 0 Å². The van der Waals surface area contributed by atoms with Gasteiger partial charge in [-0.15, -0.1) is 67.9 Å². The Balaban J connectivity index is 0.00000151. The summed E-state index contributed by atoms with van der Waals surface area (Å²) in [5, 5.41) is 8.77. The fourth-order valence-corrected chi connectivity index (χ4v) is 7.57. The van der Waals surface area contributed by atoms with Crippen molar-refractivity contribution in [1.82, 2.24) is 29.9 Å². The van der Waals surface area contributed by atoms with Crippen molar-refractivity contribution in [3.8, 4) is 22.6 Å². The Morgan fingerprint density at radius 3 is 1.77 bits per heavy atom. The molecule has 9 aromatic rings. The number of ether oxygens (including phenoxy) is 2. The highest BCUT2D eigenvalue weighted by Gasteiger charge is 2.14. The molecule has 7 heterocycles. The minimum Gasteiger partial charge on any atom is -0.493 e. The lowest BCUT2D eigenvalue weighted by atomic mass is 10.0. The van der Waals surface area contributed by atoms with Crippen molar-refractivity contribution in [2.24, 2.45) is 0 Å². The Hall–Kier alpha value is -5.40. The largest absolute Gasteiger partial charge is 0.493 e. The van der Waals surface area contributed by atoms with Crippen LogP contribution in [0.5, 0.6) is 11.5 Å². The van der Waals surface area contributed by atoms with Gasteiger partial charge < -0.3 is 29.4 Å². The van der Waals surface area contributed by atoms with Gasteiger partial charge in [-0.1, -0.05) is 48.5 Å². The maximum Gasteiger partial charge on any atom is 0.123 e. The predicted octanol–water partition coefficient (Wildman–Crippen LogP) is 8.95. The minimum atomic E-state index is 0. The molecule has 12 heteroatoms. The smallest absolute Gasteiger partial charge is 0.123 e. The van der Waals surface area contributed by atoms with Crippen LogP contribution in [0.4, 0.5) is 0 Å². The first-order valence-corrected chi connectivity index (χ1v) is 18.9. The van der Waals surface area contributed by atoms with E-state index in [-0.39, 0.29) is 67.9 Å². The number of H-pyrrole nitrogens is 4. The Bertz CT molecular complexity index is 3060. The van der Waals surface area contributed by atoms with Crippen molar-refractivity contribution in [1.29, 1.82) is 0 Å². The summed E-state index contributed by atoms with van der Waals surface area (Å²) in [6.45, 7) is 0.962. The second kappa shape index (κ2) is 19.8. The molecule has 6 aromatic heterocycles. The zero-order chi connectivity index (χ0) is 37.3. The van der Waals surface area contributed by atoms with E-state index in [4.69, 9.17) is 9.47 Å². The van der Waals surface area contributed by atoms with Crippen LogP contribution >= 0.6 is 67.9 Å². The topological polar surface area (TPSA) is 107 Å². The zero-order valence-electron chi connectivity index (χ0n) is 32.2. The molecule has 0 fully saturated rings. The van der Waals surface area contributed by atoms with Gasteiger partial charge in [0.1, 0.15) is 11.5 Å². The number of nitrogens with zero attached hydrogens (tertiary/aromatic N) is 2. The molecule has 0 atom stereocenters. The zero-order valence-corrected chi connectivity index (χ0v) is 39.0. The molecular formula is C48H42Br4N6O2. The van der Waals surface area contributed by atoms with Crippen LogP contribution in [0.1, 0.15) is 34.2 Å². The molecule has 10 rings (SSSR count). The molecule has 8 bridgehead atoms. The SMILES string of the molecule is Br.Br.Br.Br.C1=c2ccc([nH]2)=Cc2cc(-c3cc(OCCc4ccccn4)cc(OCCc4ccccn4)c3)c([nH]2)C=c2[nH]c(c3c2ccc2ccccc23)=Cc2ccc1[nH]2. The Morgan fingerprint density at radius 2 is 1.10 bits per heavy atom. The average molecular weight is 1050 g/mol. The number of hydrogen-bond donors (Lipinski definition) is 4. The quantitative estimate of drug-likeness (QED) is 0.116. The number of aromatic amines is 4. The second-order valence-electron chi connectivity index (χ2n) is 14.1. The van der Waals surface area contributed by atoms with Gasteiger partial charge in [-0.05, 0) is 107 Å². The molecule has 0 amide bonds. The van der Waals surface area contributed by atoms with Gasteiger partial charge in [0.2, 0.25) is 0 Å². The van der Waals surface area contributed by atoms with E-state index in [1.807, 2.05) is 54.9 Å². The highest BCUT2D eigenvalue weighted by molar-refractivity contribution is 8.93. The number of aromatic nitrogens is 6. The molecule has 0 saturated carbocycles. The molecule has 60 heavy (non-hydrogen) atoms. The standard InChI is InChI=1S/C48H38N6O2.4BrH/c1-2-10-42-31(7-1)11-16-43-45-30-46-44(27-39(53-46)26-37-13-12-35(51-37)25-36-14-15-38(52-36)28-47(54-45)48(42)43)32-23-40(55-21-17-33-8-3-5-19-49-33)29-41(24-32)56-22-18-34-9-4-6-20-50-34;;;;/h1-16,19-20,23-30,51-54H,17-18,21-22H2;4*1H. The van der Waals surface area contributed by atoms with Crippen LogP contribution in [0.2, 0.25) is 0 Å². The van der Waals surface area contributed by atoms with Crippen molar-refractivity contribution in [3.63, 3.8) is 0 Å². The molecule has 1 aliphatic rings. The monoisotopic (exact) mass is 1050 g/mol. The molecule has 304 valence electrons. The molecule has 4 N–H and O–H groups in total. The molecule has 0 aliphatic carbocycles. The Kier molecular flexibility index (Phi) is 14.6. The van der Waals surface area contributed by atoms with E-state index in [0.29, 0.717) is 26.1 Å². The molecule has 0 spiro atoms. The summed E-state index contributed by atoms with van der Waals surface area (Å²) in [6.07, 6.45) is 13.7. The van der Waals surface area contributed by atoms with E-state index in [9.17, 15) is 0 Å². The van der Waals surface area contributed by atoms with Gasteiger partial charge in [0.25, 0.3) is 0 Å². The van der Waals surface area contributed by atoms with E-state index in [1.165, 1.54) is 16.2 Å². The number of hydrogen-bond acceptors (Lipinski definition) is 4. The molecule has 0 saturated heterocycles. The molecule has 1 aliphatic heterocycles. The lowest BCUT2D eigenvalue weighted by molar-refractivity contribution is 0.305. The van der Waals surface area contributed by atoms with Crippen LogP contribution in [-0.4, -0.2) is 43.1 Å². The van der Waals surface area contributed by atoms with Crippen LogP contribution in [0.25, 0.3) is 57.0 Å². The maximum atomic E-state index is 6.42. The average Bonchev–Trinajstić information content (AvgIpc) is 4.03. The molecule has 0 unspecified atom stereocenters. The fraction of sp³-hybridized carbons (Fsp3) is 0.0833. The summed E-state index contributed by atoms with van der Waals surface area (Å²) < 4.78 is 12.8. The van der Waals surface area contributed by atoms with Gasteiger partial charge in [0.15, 0.2) is 0 Å².